The van der Waals surface area contributed by atoms with Crippen molar-refractivity contribution in [3.05, 3.63) is 23.9 Å². The highest BCUT2D eigenvalue weighted by Crippen LogP contribution is 2.14. The molecular formula is C9H15Cl2N3O2. The molecule has 1 amide bonds. The van der Waals surface area contributed by atoms with Crippen LogP contribution in [0.15, 0.2) is 18.3 Å². The Morgan fingerprint density at radius 1 is 1.50 bits per heavy atom. The van der Waals surface area contributed by atoms with Gasteiger partial charge in [-0.25, -0.2) is 4.98 Å². The van der Waals surface area contributed by atoms with Crippen LogP contribution < -0.4 is 16.2 Å². The average Bonchev–Trinajstić information content (AvgIpc) is 2.17. The van der Waals surface area contributed by atoms with Gasteiger partial charge in [-0.1, -0.05) is 6.07 Å². The first kappa shape index (κ1) is 17.4. The van der Waals surface area contributed by atoms with Crippen LogP contribution in [0.25, 0.3) is 0 Å². The van der Waals surface area contributed by atoms with Crippen LogP contribution in [0.4, 0.5) is 0 Å². The number of amides is 1. The number of primary amides is 1. The minimum atomic E-state index is -0.423. The Balaban J connectivity index is 0. The summed E-state index contributed by atoms with van der Waals surface area (Å²) < 4.78 is 4.89. The highest BCUT2D eigenvalue weighted by Gasteiger charge is 2.09. The van der Waals surface area contributed by atoms with E-state index in [1.54, 1.807) is 18.3 Å². The van der Waals surface area contributed by atoms with E-state index in [1.165, 1.54) is 7.11 Å². The molecule has 1 atom stereocenters. The van der Waals surface area contributed by atoms with Crippen molar-refractivity contribution in [2.24, 2.45) is 11.5 Å². The lowest BCUT2D eigenvalue weighted by molar-refractivity contribution is -0.118. The fraction of sp³-hybridized carbons (Fsp3) is 0.333. The zero-order chi connectivity index (χ0) is 10.6. The molecule has 0 aliphatic heterocycles. The normalized spacial score (nSPS) is 10.6. The predicted octanol–water partition coefficient (Wildman–Crippen LogP) is 0.809. The van der Waals surface area contributed by atoms with Gasteiger partial charge in [-0.05, 0) is 5.56 Å². The van der Waals surface area contributed by atoms with Crippen molar-refractivity contribution in [3.8, 4) is 5.88 Å². The van der Waals surface area contributed by atoms with E-state index in [4.69, 9.17) is 16.2 Å². The van der Waals surface area contributed by atoms with Gasteiger partial charge in [0.05, 0.1) is 7.11 Å². The molecule has 0 bridgehead atoms. The van der Waals surface area contributed by atoms with Crippen molar-refractivity contribution >= 4 is 30.7 Å². The second kappa shape index (κ2) is 8.15. The third kappa shape index (κ3) is 5.16. The molecule has 0 saturated heterocycles. The Morgan fingerprint density at radius 3 is 2.50 bits per heavy atom. The van der Waals surface area contributed by atoms with Gasteiger partial charge in [0.1, 0.15) is 0 Å². The molecule has 1 aromatic heterocycles. The van der Waals surface area contributed by atoms with Crippen LogP contribution in [0, 0.1) is 0 Å². The van der Waals surface area contributed by atoms with Crippen molar-refractivity contribution in [1.29, 1.82) is 0 Å². The van der Waals surface area contributed by atoms with Gasteiger partial charge in [0.25, 0.3) is 0 Å². The number of pyridine rings is 1. The van der Waals surface area contributed by atoms with E-state index >= 15 is 0 Å². The molecule has 5 nitrogen and oxygen atoms in total. The molecule has 0 aliphatic carbocycles. The van der Waals surface area contributed by atoms with Gasteiger partial charge >= 0.3 is 0 Å². The van der Waals surface area contributed by atoms with Crippen LogP contribution in [0.3, 0.4) is 0 Å². The molecule has 7 heteroatoms. The average molecular weight is 268 g/mol. The molecule has 16 heavy (non-hydrogen) atoms. The Labute approximate surface area is 106 Å². The van der Waals surface area contributed by atoms with E-state index in [0.29, 0.717) is 5.88 Å². The van der Waals surface area contributed by atoms with Gasteiger partial charge in [0.2, 0.25) is 11.8 Å². The number of nitrogens with zero attached hydrogens (tertiary/aromatic N) is 1. The quantitative estimate of drug-likeness (QED) is 0.845. The lowest BCUT2D eigenvalue weighted by atomic mass is 10.1. The van der Waals surface area contributed by atoms with Crippen LogP contribution in [0.5, 0.6) is 5.88 Å². The molecule has 0 spiro atoms. The lowest BCUT2D eigenvalue weighted by Gasteiger charge is -2.09. The van der Waals surface area contributed by atoms with Crippen LogP contribution in [0.2, 0.25) is 0 Å². The number of halogens is 2. The largest absolute Gasteiger partial charge is 0.481 e. The summed E-state index contributed by atoms with van der Waals surface area (Å²) in [6.45, 7) is 0. The fourth-order valence-corrected chi connectivity index (χ4v) is 1.07. The highest BCUT2D eigenvalue weighted by molar-refractivity contribution is 5.85. The summed E-state index contributed by atoms with van der Waals surface area (Å²) in [5.74, 6) is 0.0911. The number of methoxy groups -OCH3 is 1. The maximum Gasteiger partial charge on any atom is 0.219 e. The van der Waals surface area contributed by atoms with E-state index in [-0.39, 0.29) is 31.2 Å². The maximum absolute atomic E-state index is 10.6. The number of hydrogen-bond acceptors (Lipinski definition) is 4. The van der Waals surface area contributed by atoms with Crippen molar-refractivity contribution in [3.63, 3.8) is 0 Å². The van der Waals surface area contributed by atoms with Crippen molar-refractivity contribution in [2.75, 3.05) is 7.11 Å². The van der Waals surface area contributed by atoms with Gasteiger partial charge in [-0.2, -0.15) is 0 Å². The Hall–Kier alpha value is -1.04. The van der Waals surface area contributed by atoms with E-state index in [9.17, 15) is 4.79 Å². The summed E-state index contributed by atoms with van der Waals surface area (Å²) in [5, 5.41) is 0. The Kier molecular flexibility index (Phi) is 8.84. The third-order valence-electron chi connectivity index (χ3n) is 1.82. The summed E-state index contributed by atoms with van der Waals surface area (Å²) in [6.07, 6.45) is 1.69. The molecule has 92 valence electrons. The van der Waals surface area contributed by atoms with Gasteiger partial charge < -0.3 is 16.2 Å². The molecule has 1 rings (SSSR count). The van der Waals surface area contributed by atoms with Crippen molar-refractivity contribution in [2.45, 2.75) is 12.5 Å². The van der Waals surface area contributed by atoms with E-state index in [1.807, 2.05) is 0 Å². The van der Waals surface area contributed by atoms with Gasteiger partial charge in [-0.15, -0.1) is 24.8 Å². The van der Waals surface area contributed by atoms with E-state index in [0.717, 1.165) is 5.56 Å². The topological polar surface area (TPSA) is 91.2 Å². The fourth-order valence-electron chi connectivity index (χ4n) is 1.07. The SMILES string of the molecule is COc1ccc(C(N)CC(N)=O)cn1.Cl.Cl. The summed E-state index contributed by atoms with van der Waals surface area (Å²) >= 11 is 0. The molecule has 0 radical (unpaired) electrons. The zero-order valence-electron chi connectivity index (χ0n) is 8.75. The molecular weight excluding hydrogens is 253 g/mol. The van der Waals surface area contributed by atoms with E-state index in [2.05, 4.69) is 4.98 Å². The second-order valence-electron chi connectivity index (χ2n) is 2.91. The monoisotopic (exact) mass is 267 g/mol. The highest BCUT2D eigenvalue weighted by atomic mass is 35.5. The van der Waals surface area contributed by atoms with E-state index < -0.39 is 11.9 Å². The number of aromatic nitrogens is 1. The van der Waals surface area contributed by atoms with Crippen LogP contribution in [0.1, 0.15) is 18.0 Å². The molecule has 0 fully saturated rings. The molecule has 0 aromatic carbocycles. The number of carbonyl (C=O) groups excluding carboxylic acids is 1. The number of carbonyl (C=O) groups is 1. The van der Waals surface area contributed by atoms with Gasteiger partial charge in [0, 0.05) is 24.7 Å². The molecule has 1 heterocycles. The van der Waals surface area contributed by atoms with Crippen molar-refractivity contribution in [1.82, 2.24) is 4.98 Å². The summed E-state index contributed by atoms with van der Waals surface area (Å²) in [5.41, 5.74) is 11.5. The molecule has 1 unspecified atom stereocenters. The van der Waals surface area contributed by atoms with Gasteiger partial charge in [0.15, 0.2) is 0 Å². The van der Waals surface area contributed by atoms with Crippen LogP contribution in [-0.2, 0) is 4.79 Å². The molecule has 0 saturated carbocycles. The predicted molar refractivity (Wildman–Crippen MR) is 66.0 cm³/mol. The summed E-state index contributed by atoms with van der Waals surface area (Å²) in [4.78, 5) is 14.6. The summed E-state index contributed by atoms with van der Waals surface area (Å²) in [6, 6.07) is 3.06. The zero-order valence-corrected chi connectivity index (χ0v) is 10.4. The van der Waals surface area contributed by atoms with Crippen LogP contribution in [-0.4, -0.2) is 18.0 Å². The lowest BCUT2D eigenvalue weighted by Crippen LogP contribution is -2.20. The molecule has 1 aromatic rings. The smallest absolute Gasteiger partial charge is 0.219 e. The minimum absolute atomic E-state index is 0. The second-order valence-corrected chi connectivity index (χ2v) is 2.91. The minimum Gasteiger partial charge on any atom is -0.481 e. The number of rotatable bonds is 4. The first-order valence-corrected chi connectivity index (χ1v) is 4.17. The standard InChI is InChI=1S/C9H13N3O2.2ClH/c1-14-9-3-2-6(5-12-9)7(10)4-8(11)13;;/h2-3,5,7H,4,10H2,1H3,(H2,11,13);2*1H. The summed E-state index contributed by atoms with van der Waals surface area (Å²) in [7, 11) is 1.53. The molecule has 4 N–H and O–H groups in total. The number of hydrogen-bond donors (Lipinski definition) is 2. The van der Waals surface area contributed by atoms with Crippen LogP contribution >= 0.6 is 24.8 Å². The first-order valence-electron chi connectivity index (χ1n) is 4.17. The molecule has 0 aliphatic rings. The Bertz CT molecular complexity index is 319. The number of nitrogens with two attached hydrogens (primary N) is 2. The maximum atomic E-state index is 10.6. The third-order valence-corrected chi connectivity index (χ3v) is 1.82. The Morgan fingerprint density at radius 2 is 2.12 bits per heavy atom. The van der Waals surface area contributed by atoms with Gasteiger partial charge in [-0.3, -0.25) is 4.79 Å². The first-order chi connectivity index (χ1) is 6.63. The van der Waals surface area contributed by atoms with Crippen molar-refractivity contribution < 1.29 is 9.53 Å². The number of ether oxygens (including phenoxy) is 1.